The van der Waals surface area contributed by atoms with Crippen LogP contribution in [0.2, 0.25) is 5.02 Å². The molecule has 0 bridgehead atoms. The van der Waals surface area contributed by atoms with Gasteiger partial charge < -0.3 is 20.3 Å². The van der Waals surface area contributed by atoms with Crippen LogP contribution in [0.25, 0.3) is 0 Å². The molecule has 2 aromatic carbocycles. The van der Waals surface area contributed by atoms with Crippen LogP contribution in [0.1, 0.15) is 11.1 Å². The van der Waals surface area contributed by atoms with E-state index in [1.165, 1.54) is 12.1 Å². The summed E-state index contributed by atoms with van der Waals surface area (Å²) in [6.07, 6.45) is -0.780. The molecule has 0 unspecified atom stereocenters. The Morgan fingerprint density at radius 1 is 1.12 bits per heavy atom. The number of amides is 1. The number of halogens is 1. The van der Waals surface area contributed by atoms with E-state index in [9.17, 15) is 19.8 Å². The van der Waals surface area contributed by atoms with Crippen molar-refractivity contribution in [2.45, 2.75) is 19.1 Å². The van der Waals surface area contributed by atoms with E-state index < -0.39 is 18.1 Å². The molecule has 0 heterocycles. The van der Waals surface area contributed by atoms with E-state index in [1.54, 1.807) is 36.4 Å². The molecule has 0 fully saturated rings. The average Bonchev–Trinajstić information content (AvgIpc) is 2.55. The normalized spacial score (nSPS) is 11.5. The molecule has 6 nitrogen and oxygen atoms in total. The number of hydrogen-bond donors (Lipinski definition) is 3. The van der Waals surface area contributed by atoms with Gasteiger partial charge in [0.05, 0.1) is 0 Å². The predicted octanol–water partition coefficient (Wildman–Crippen LogP) is 2.97. The van der Waals surface area contributed by atoms with Crippen LogP contribution in [0.3, 0.4) is 0 Å². The van der Waals surface area contributed by atoms with Crippen LogP contribution in [0, 0.1) is 0 Å². The van der Waals surface area contributed by atoms with Crippen LogP contribution < -0.4 is 5.32 Å². The molecule has 24 heavy (non-hydrogen) atoms. The van der Waals surface area contributed by atoms with Crippen LogP contribution in [0.15, 0.2) is 48.5 Å². The van der Waals surface area contributed by atoms with E-state index in [1.807, 2.05) is 0 Å². The summed E-state index contributed by atoms with van der Waals surface area (Å²) in [5.74, 6) is -1.10. The van der Waals surface area contributed by atoms with Crippen molar-refractivity contribution in [1.82, 2.24) is 5.32 Å². The zero-order valence-electron chi connectivity index (χ0n) is 12.6. The number of benzene rings is 2. The number of aliphatic carboxylic acids is 1. The van der Waals surface area contributed by atoms with Gasteiger partial charge in [0.15, 0.2) is 0 Å². The van der Waals surface area contributed by atoms with Gasteiger partial charge in [-0.2, -0.15) is 0 Å². The Morgan fingerprint density at radius 2 is 1.79 bits per heavy atom. The first-order valence-corrected chi connectivity index (χ1v) is 7.51. The van der Waals surface area contributed by atoms with Crippen molar-refractivity contribution < 1.29 is 24.5 Å². The lowest BCUT2D eigenvalue weighted by atomic mass is 10.1. The van der Waals surface area contributed by atoms with Crippen LogP contribution in [0.5, 0.6) is 5.75 Å². The number of hydrogen-bond acceptors (Lipinski definition) is 4. The summed E-state index contributed by atoms with van der Waals surface area (Å²) in [6.45, 7) is -0.0585. The summed E-state index contributed by atoms with van der Waals surface area (Å²) in [7, 11) is 0. The van der Waals surface area contributed by atoms with E-state index >= 15 is 0 Å². The first-order valence-electron chi connectivity index (χ1n) is 7.13. The van der Waals surface area contributed by atoms with Gasteiger partial charge >= 0.3 is 12.1 Å². The molecule has 1 atom stereocenters. The van der Waals surface area contributed by atoms with Crippen molar-refractivity contribution in [3.8, 4) is 5.75 Å². The number of nitrogens with one attached hydrogen (secondary N) is 1. The van der Waals surface area contributed by atoms with E-state index in [4.69, 9.17) is 16.3 Å². The molecule has 2 aromatic rings. The summed E-state index contributed by atoms with van der Waals surface area (Å²) in [5.41, 5.74) is 1.28. The van der Waals surface area contributed by atoms with E-state index in [-0.39, 0.29) is 18.8 Å². The van der Waals surface area contributed by atoms with Gasteiger partial charge in [-0.25, -0.2) is 9.59 Å². The molecule has 0 radical (unpaired) electrons. The lowest BCUT2D eigenvalue weighted by Gasteiger charge is -2.15. The molecular formula is C17H16ClNO5. The second kappa shape index (κ2) is 8.21. The zero-order valence-corrected chi connectivity index (χ0v) is 13.4. The van der Waals surface area contributed by atoms with Crippen LogP contribution >= 0.6 is 11.6 Å². The van der Waals surface area contributed by atoms with Crippen molar-refractivity contribution in [1.29, 1.82) is 0 Å². The Morgan fingerprint density at radius 3 is 2.42 bits per heavy atom. The van der Waals surface area contributed by atoms with Gasteiger partial charge in [-0.15, -0.1) is 0 Å². The number of carboxylic acid groups (broad SMARTS) is 1. The summed E-state index contributed by atoms with van der Waals surface area (Å²) < 4.78 is 5.01. The third-order valence-corrected chi connectivity index (χ3v) is 3.65. The third-order valence-electron chi connectivity index (χ3n) is 3.28. The molecular weight excluding hydrogens is 334 g/mol. The minimum Gasteiger partial charge on any atom is -0.508 e. The smallest absolute Gasteiger partial charge is 0.408 e. The van der Waals surface area contributed by atoms with Crippen LogP contribution in [-0.2, 0) is 22.6 Å². The zero-order chi connectivity index (χ0) is 17.5. The van der Waals surface area contributed by atoms with Gasteiger partial charge in [-0.05, 0) is 23.8 Å². The number of phenols is 1. The lowest BCUT2D eigenvalue weighted by molar-refractivity contribution is -0.139. The highest BCUT2D eigenvalue weighted by Gasteiger charge is 2.21. The fourth-order valence-corrected chi connectivity index (χ4v) is 2.20. The average molecular weight is 350 g/mol. The fourth-order valence-electron chi connectivity index (χ4n) is 2.01. The Hall–Kier alpha value is -2.73. The molecule has 0 aliphatic heterocycles. The van der Waals surface area contributed by atoms with Crippen molar-refractivity contribution in [2.75, 3.05) is 0 Å². The number of aromatic hydroxyl groups is 1. The predicted molar refractivity (Wildman–Crippen MR) is 88.0 cm³/mol. The molecule has 0 aliphatic rings. The number of carboxylic acids is 1. The summed E-state index contributed by atoms with van der Waals surface area (Å²) in [6, 6.07) is 11.8. The maximum atomic E-state index is 11.8. The topological polar surface area (TPSA) is 95.9 Å². The van der Waals surface area contributed by atoms with Gasteiger partial charge in [0.2, 0.25) is 0 Å². The van der Waals surface area contributed by atoms with E-state index in [0.717, 1.165) is 0 Å². The molecule has 2 rings (SSSR count). The molecule has 0 aliphatic carbocycles. The summed E-state index contributed by atoms with van der Waals surface area (Å²) >= 11 is 5.96. The lowest BCUT2D eigenvalue weighted by Crippen LogP contribution is -2.42. The first kappa shape index (κ1) is 17.6. The quantitative estimate of drug-likeness (QED) is 0.745. The number of ether oxygens (including phenoxy) is 1. The Labute approximate surface area is 143 Å². The van der Waals surface area contributed by atoms with Gasteiger partial charge in [0.1, 0.15) is 18.4 Å². The SMILES string of the molecule is O=C(N[C@@H](Cc1ccc(O)cc1)C(=O)O)OCc1ccccc1Cl. The molecule has 3 N–H and O–H groups in total. The highest BCUT2D eigenvalue weighted by atomic mass is 35.5. The summed E-state index contributed by atoms with van der Waals surface area (Å²) in [5, 5.41) is 21.2. The molecule has 0 spiro atoms. The van der Waals surface area contributed by atoms with Gasteiger partial charge in [-0.3, -0.25) is 0 Å². The fraction of sp³-hybridized carbons (Fsp3) is 0.176. The Kier molecular flexibility index (Phi) is 6.03. The number of carbonyl (C=O) groups excluding carboxylic acids is 1. The number of phenolic OH excluding ortho intramolecular Hbond substituents is 1. The second-order valence-electron chi connectivity index (χ2n) is 5.07. The van der Waals surface area contributed by atoms with Crippen LogP contribution in [0.4, 0.5) is 4.79 Å². The molecule has 0 saturated carbocycles. The van der Waals surface area contributed by atoms with Crippen molar-refractivity contribution in [3.05, 3.63) is 64.7 Å². The maximum absolute atomic E-state index is 11.8. The number of alkyl carbamates (subject to hydrolysis) is 1. The molecule has 1 amide bonds. The van der Waals surface area contributed by atoms with Crippen molar-refractivity contribution in [2.24, 2.45) is 0 Å². The molecule has 0 aromatic heterocycles. The molecule has 0 saturated heterocycles. The second-order valence-corrected chi connectivity index (χ2v) is 5.48. The third kappa shape index (κ3) is 5.17. The number of carbonyl (C=O) groups is 2. The highest BCUT2D eigenvalue weighted by molar-refractivity contribution is 6.31. The largest absolute Gasteiger partial charge is 0.508 e. The Balaban J connectivity index is 1.92. The maximum Gasteiger partial charge on any atom is 0.408 e. The van der Waals surface area contributed by atoms with Crippen molar-refractivity contribution >= 4 is 23.7 Å². The van der Waals surface area contributed by atoms with Gasteiger partial charge in [0.25, 0.3) is 0 Å². The standard InChI is InChI=1S/C17H16ClNO5/c18-14-4-2-1-3-12(14)10-24-17(23)19-15(16(21)22)9-11-5-7-13(20)8-6-11/h1-8,15,20H,9-10H2,(H,19,23)(H,21,22)/t15-/m0/s1. The summed E-state index contributed by atoms with van der Waals surface area (Å²) in [4.78, 5) is 23.1. The van der Waals surface area contributed by atoms with E-state index in [2.05, 4.69) is 5.32 Å². The Bertz CT molecular complexity index is 717. The van der Waals surface area contributed by atoms with Gasteiger partial charge in [-0.1, -0.05) is 41.9 Å². The molecule has 7 heteroatoms. The number of rotatable bonds is 6. The first-order chi connectivity index (χ1) is 11.5. The minimum atomic E-state index is -1.18. The van der Waals surface area contributed by atoms with Crippen molar-refractivity contribution in [3.63, 3.8) is 0 Å². The monoisotopic (exact) mass is 349 g/mol. The minimum absolute atomic E-state index is 0.0585. The van der Waals surface area contributed by atoms with Crippen LogP contribution in [-0.4, -0.2) is 28.3 Å². The van der Waals surface area contributed by atoms with E-state index in [0.29, 0.717) is 16.1 Å². The van der Waals surface area contributed by atoms with Gasteiger partial charge in [0, 0.05) is 17.0 Å². The highest BCUT2D eigenvalue weighted by Crippen LogP contribution is 2.16. The molecule has 126 valence electrons.